The Morgan fingerprint density at radius 1 is 1.29 bits per heavy atom. The third kappa shape index (κ3) is 3.40. The minimum Gasteiger partial charge on any atom is -0.508 e. The number of hydrogen-bond acceptors (Lipinski definition) is 4. The quantitative estimate of drug-likeness (QED) is 0.865. The molecule has 1 aliphatic heterocycles. The Hall–Kier alpha value is -2.04. The second-order valence-electron chi connectivity index (χ2n) is 8.36. The number of phenolic OH excluding ortho intramolecular Hbond substituents is 1. The van der Waals surface area contributed by atoms with Crippen molar-refractivity contribution in [1.82, 2.24) is 4.90 Å². The highest BCUT2D eigenvalue weighted by Gasteiger charge is 2.50. The lowest BCUT2D eigenvalue weighted by molar-refractivity contribution is -0.135. The molecule has 2 atom stereocenters. The van der Waals surface area contributed by atoms with Gasteiger partial charge in [0.2, 0.25) is 0 Å². The molecule has 1 aliphatic carbocycles. The number of likely N-dealkylation sites (tertiary alicyclic amines) is 1. The zero-order valence-electron chi connectivity index (χ0n) is 14.5. The molecule has 24 heavy (non-hydrogen) atoms. The minimum atomic E-state index is -0.590. The highest BCUT2D eigenvalue weighted by Crippen LogP contribution is 2.52. The Kier molecular flexibility index (Phi) is 4.06. The molecule has 0 radical (unpaired) electrons. The molecule has 5 heteroatoms. The maximum absolute atomic E-state index is 12.5. The number of phenols is 1. The van der Waals surface area contributed by atoms with E-state index in [0.29, 0.717) is 0 Å². The Morgan fingerprint density at radius 3 is 2.75 bits per heavy atom. The SMILES string of the molecule is CC1(C)C[C@@H]2C[C@](C)(CN2C(=O)COC(=O)c2cccc(O)c2)C1. The summed E-state index contributed by atoms with van der Waals surface area (Å²) >= 11 is 0. The van der Waals surface area contributed by atoms with Crippen molar-refractivity contribution in [2.45, 2.75) is 46.1 Å². The maximum Gasteiger partial charge on any atom is 0.338 e. The third-order valence-electron chi connectivity index (χ3n) is 5.14. The van der Waals surface area contributed by atoms with Crippen LogP contribution < -0.4 is 0 Å². The molecule has 1 N–H and O–H groups in total. The number of ether oxygens (including phenoxy) is 1. The third-order valence-corrected chi connectivity index (χ3v) is 5.14. The van der Waals surface area contributed by atoms with Gasteiger partial charge in [0.25, 0.3) is 5.91 Å². The number of carbonyl (C=O) groups is 2. The van der Waals surface area contributed by atoms with E-state index in [9.17, 15) is 14.7 Å². The van der Waals surface area contributed by atoms with Crippen molar-refractivity contribution in [2.24, 2.45) is 10.8 Å². The molecule has 1 saturated carbocycles. The van der Waals surface area contributed by atoms with E-state index in [-0.39, 0.29) is 40.7 Å². The number of aromatic hydroxyl groups is 1. The molecule has 0 unspecified atom stereocenters. The molecule has 2 bridgehead atoms. The van der Waals surface area contributed by atoms with E-state index in [2.05, 4.69) is 20.8 Å². The smallest absolute Gasteiger partial charge is 0.338 e. The normalized spacial score (nSPS) is 27.8. The fourth-order valence-electron chi connectivity index (χ4n) is 4.68. The van der Waals surface area contributed by atoms with Crippen molar-refractivity contribution in [1.29, 1.82) is 0 Å². The summed E-state index contributed by atoms with van der Waals surface area (Å²) in [5, 5.41) is 9.41. The van der Waals surface area contributed by atoms with Crippen molar-refractivity contribution in [3.63, 3.8) is 0 Å². The highest BCUT2D eigenvalue weighted by molar-refractivity contribution is 5.91. The predicted octanol–water partition coefficient (Wildman–Crippen LogP) is 2.98. The van der Waals surface area contributed by atoms with Crippen LogP contribution >= 0.6 is 0 Å². The lowest BCUT2D eigenvalue weighted by Crippen LogP contribution is -2.39. The van der Waals surface area contributed by atoms with E-state index >= 15 is 0 Å². The molecule has 1 aromatic carbocycles. The van der Waals surface area contributed by atoms with E-state index < -0.39 is 5.97 Å². The first-order valence-electron chi connectivity index (χ1n) is 8.43. The Bertz CT molecular complexity index is 669. The van der Waals surface area contributed by atoms with Gasteiger partial charge in [-0.15, -0.1) is 0 Å². The van der Waals surface area contributed by atoms with Crippen LogP contribution in [0, 0.1) is 10.8 Å². The molecule has 0 aromatic heterocycles. The van der Waals surface area contributed by atoms with Crippen LogP contribution in [-0.2, 0) is 9.53 Å². The Morgan fingerprint density at radius 2 is 2.04 bits per heavy atom. The van der Waals surface area contributed by atoms with Crippen LogP contribution in [0.4, 0.5) is 0 Å². The summed E-state index contributed by atoms with van der Waals surface area (Å²) in [5.74, 6) is -0.720. The molecule has 3 rings (SSSR count). The average Bonchev–Trinajstić information content (AvgIpc) is 2.73. The lowest BCUT2D eigenvalue weighted by Gasteiger charge is -2.39. The van der Waals surface area contributed by atoms with Crippen molar-refractivity contribution >= 4 is 11.9 Å². The van der Waals surface area contributed by atoms with Gasteiger partial charge < -0.3 is 14.7 Å². The van der Waals surface area contributed by atoms with E-state index in [1.54, 1.807) is 12.1 Å². The predicted molar refractivity (Wildman–Crippen MR) is 89.6 cm³/mol. The number of benzene rings is 1. The second-order valence-corrected chi connectivity index (χ2v) is 8.36. The van der Waals surface area contributed by atoms with Gasteiger partial charge in [-0.3, -0.25) is 4.79 Å². The zero-order chi connectivity index (χ0) is 17.5. The molecule has 1 saturated heterocycles. The van der Waals surface area contributed by atoms with Crippen LogP contribution in [0.3, 0.4) is 0 Å². The summed E-state index contributed by atoms with van der Waals surface area (Å²) in [6.45, 7) is 7.25. The van der Waals surface area contributed by atoms with Crippen LogP contribution in [-0.4, -0.2) is 41.1 Å². The van der Waals surface area contributed by atoms with E-state index in [4.69, 9.17) is 4.74 Å². The minimum absolute atomic E-state index is 0.000673. The van der Waals surface area contributed by atoms with Gasteiger partial charge in [0.15, 0.2) is 6.61 Å². The molecule has 130 valence electrons. The fraction of sp³-hybridized carbons (Fsp3) is 0.579. The van der Waals surface area contributed by atoms with Gasteiger partial charge in [-0.2, -0.15) is 0 Å². The van der Waals surface area contributed by atoms with Crippen molar-refractivity contribution in [2.75, 3.05) is 13.2 Å². The van der Waals surface area contributed by atoms with Crippen molar-refractivity contribution in [3.05, 3.63) is 29.8 Å². The highest BCUT2D eigenvalue weighted by atomic mass is 16.5. The first kappa shape index (κ1) is 16.8. The van der Waals surface area contributed by atoms with Gasteiger partial charge in [-0.1, -0.05) is 26.8 Å². The van der Waals surface area contributed by atoms with Crippen LogP contribution in [0.15, 0.2) is 24.3 Å². The van der Waals surface area contributed by atoms with Gasteiger partial charge in [0, 0.05) is 12.6 Å². The Balaban J connectivity index is 1.61. The molecule has 2 fully saturated rings. The molecule has 2 aliphatic rings. The number of hydrogen-bond donors (Lipinski definition) is 1. The second kappa shape index (κ2) is 5.80. The summed E-state index contributed by atoms with van der Waals surface area (Å²) in [6.07, 6.45) is 3.14. The number of carbonyl (C=O) groups excluding carboxylic acids is 2. The van der Waals surface area contributed by atoms with E-state index in [0.717, 1.165) is 25.8 Å². The van der Waals surface area contributed by atoms with Crippen molar-refractivity contribution < 1.29 is 19.4 Å². The van der Waals surface area contributed by atoms with Crippen LogP contribution in [0.1, 0.15) is 50.4 Å². The van der Waals surface area contributed by atoms with Gasteiger partial charge in [-0.25, -0.2) is 4.79 Å². The van der Waals surface area contributed by atoms with E-state index in [1.807, 2.05) is 4.90 Å². The molecule has 0 spiro atoms. The van der Waals surface area contributed by atoms with Crippen LogP contribution in [0.2, 0.25) is 0 Å². The first-order chi connectivity index (χ1) is 11.2. The van der Waals surface area contributed by atoms with Gasteiger partial charge in [-0.05, 0) is 48.3 Å². The van der Waals surface area contributed by atoms with E-state index in [1.165, 1.54) is 12.1 Å². The summed E-state index contributed by atoms with van der Waals surface area (Å²) in [7, 11) is 0. The lowest BCUT2D eigenvalue weighted by atomic mass is 9.65. The Labute approximate surface area is 142 Å². The summed E-state index contributed by atoms with van der Waals surface area (Å²) in [6, 6.07) is 6.18. The largest absolute Gasteiger partial charge is 0.508 e. The summed E-state index contributed by atoms with van der Waals surface area (Å²) in [5.41, 5.74) is 0.651. The number of nitrogens with zero attached hydrogens (tertiary/aromatic N) is 1. The van der Waals surface area contributed by atoms with Crippen LogP contribution in [0.5, 0.6) is 5.75 Å². The van der Waals surface area contributed by atoms with Crippen molar-refractivity contribution in [3.8, 4) is 5.75 Å². The number of esters is 1. The summed E-state index contributed by atoms with van der Waals surface area (Å²) < 4.78 is 5.15. The standard InChI is InChI=1S/C19H25NO4/c1-18(2)8-14-9-19(3,11-18)12-20(14)16(22)10-24-17(23)13-5-4-6-15(21)7-13/h4-7,14,21H,8-12H2,1-3H3/t14-,19+/m1/s1. The maximum atomic E-state index is 12.5. The molecule has 1 heterocycles. The van der Waals surface area contributed by atoms with Gasteiger partial charge in [0.05, 0.1) is 5.56 Å². The number of amides is 1. The van der Waals surface area contributed by atoms with Crippen LogP contribution in [0.25, 0.3) is 0 Å². The summed E-state index contributed by atoms with van der Waals surface area (Å²) in [4.78, 5) is 26.4. The number of rotatable bonds is 3. The monoisotopic (exact) mass is 331 g/mol. The number of fused-ring (bicyclic) bond motifs is 2. The zero-order valence-corrected chi connectivity index (χ0v) is 14.5. The molecule has 1 aromatic rings. The van der Waals surface area contributed by atoms with Gasteiger partial charge >= 0.3 is 5.97 Å². The molecule has 5 nitrogen and oxygen atoms in total. The first-order valence-corrected chi connectivity index (χ1v) is 8.43. The van der Waals surface area contributed by atoms with Gasteiger partial charge in [0.1, 0.15) is 5.75 Å². The fourth-order valence-corrected chi connectivity index (χ4v) is 4.68. The molecular weight excluding hydrogens is 306 g/mol. The molecular formula is C19H25NO4. The average molecular weight is 331 g/mol. The topological polar surface area (TPSA) is 66.8 Å². The molecule has 1 amide bonds.